The average molecular weight is 282 g/mol. The van der Waals surface area contributed by atoms with E-state index in [1.165, 1.54) is 19.3 Å². The number of halogens is 1. The molecule has 0 amide bonds. The second-order valence-electron chi connectivity index (χ2n) is 5.99. The van der Waals surface area contributed by atoms with E-state index in [0.717, 1.165) is 29.4 Å². The minimum absolute atomic E-state index is 0.349. The molecule has 0 atom stereocenters. The lowest BCUT2D eigenvalue weighted by Crippen LogP contribution is -2.56. The highest BCUT2D eigenvalue weighted by molar-refractivity contribution is 6.30. The third-order valence-corrected chi connectivity index (χ3v) is 4.58. The maximum absolute atomic E-state index is 6.04. The number of nitrogens with zero attached hydrogens (tertiary/aromatic N) is 2. The number of hydrogen-bond acceptors (Lipinski definition) is 3. The molecule has 0 heterocycles. The van der Waals surface area contributed by atoms with E-state index in [1.54, 1.807) is 0 Å². The Morgan fingerprint density at radius 2 is 1.95 bits per heavy atom. The minimum atomic E-state index is 0.349. The maximum atomic E-state index is 6.04. The molecule has 2 N–H and O–H groups in total. The lowest BCUT2D eigenvalue weighted by molar-refractivity contribution is 0.0259. The first-order valence-electron chi connectivity index (χ1n) is 6.83. The van der Waals surface area contributed by atoms with Gasteiger partial charge in [0, 0.05) is 29.3 Å². The Kier molecular flexibility index (Phi) is 4.39. The Morgan fingerprint density at radius 1 is 1.26 bits per heavy atom. The first kappa shape index (κ1) is 14.6. The van der Waals surface area contributed by atoms with Crippen LogP contribution in [0.25, 0.3) is 0 Å². The Labute approximate surface area is 121 Å². The van der Waals surface area contributed by atoms with E-state index >= 15 is 0 Å². The molecule has 1 aromatic carbocycles. The summed E-state index contributed by atoms with van der Waals surface area (Å²) >= 11 is 6.04. The van der Waals surface area contributed by atoms with E-state index in [2.05, 4.69) is 30.9 Å². The highest BCUT2D eigenvalue weighted by Gasteiger charge is 2.39. The summed E-state index contributed by atoms with van der Waals surface area (Å²) in [6.45, 7) is 1.92. The van der Waals surface area contributed by atoms with Crippen LogP contribution in [-0.4, -0.2) is 43.0 Å². The zero-order chi connectivity index (χ0) is 14.0. The molecule has 3 nitrogen and oxygen atoms in total. The van der Waals surface area contributed by atoms with Gasteiger partial charge < -0.3 is 15.5 Å². The van der Waals surface area contributed by atoms with E-state index in [1.807, 2.05) is 18.2 Å². The molecule has 0 aromatic heterocycles. The number of nitrogens with two attached hydrogens (primary N) is 1. The van der Waals surface area contributed by atoms with Crippen molar-refractivity contribution in [2.75, 3.05) is 33.4 Å². The van der Waals surface area contributed by atoms with E-state index in [4.69, 9.17) is 17.3 Å². The van der Waals surface area contributed by atoms with Crippen LogP contribution in [0.1, 0.15) is 24.8 Å². The maximum Gasteiger partial charge on any atom is 0.0410 e. The highest BCUT2D eigenvalue weighted by atomic mass is 35.5. The number of hydrogen-bond donors (Lipinski definition) is 1. The van der Waals surface area contributed by atoms with Crippen molar-refractivity contribution in [3.05, 3.63) is 28.8 Å². The summed E-state index contributed by atoms with van der Waals surface area (Å²) < 4.78 is 0. The molecule has 1 fully saturated rings. The lowest BCUT2D eigenvalue weighted by Gasteiger charge is -2.49. The van der Waals surface area contributed by atoms with E-state index in [0.29, 0.717) is 5.54 Å². The van der Waals surface area contributed by atoms with Crippen molar-refractivity contribution in [3.8, 4) is 0 Å². The summed E-state index contributed by atoms with van der Waals surface area (Å²) in [5.41, 5.74) is 8.30. The number of rotatable bonds is 5. The van der Waals surface area contributed by atoms with E-state index in [9.17, 15) is 0 Å². The summed E-state index contributed by atoms with van der Waals surface area (Å²) in [7, 11) is 6.52. The van der Waals surface area contributed by atoms with Gasteiger partial charge in [0.05, 0.1) is 0 Å². The molecule has 1 saturated carbocycles. The Morgan fingerprint density at radius 3 is 2.47 bits per heavy atom. The Bertz CT molecular complexity index is 441. The summed E-state index contributed by atoms with van der Waals surface area (Å²) in [6, 6.07) is 5.70. The second-order valence-corrected chi connectivity index (χ2v) is 6.42. The first-order chi connectivity index (χ1) is 8.93. The van der Waals surface area contributed by atoms with Gasteiger partial charge >= 0.3 is 0 Å². The van der Waals surface area contributed by atoms with Crippen LogP contribution in [0.4, 0.5) is 5.69 Å². The van der Waals surface area contributed by atoms with Gasteiger partial charge in [-0.2, -0.15) is 0 Å². The summed E-state index contributed by atoms with van der Waals surface area (Å²) in [5.74, 6) is 0. The molecule has 1 aromatic rings. The Hall–Kier alpha value is -0.770. The number of anilines is 1. The van der Waals surface area contributed by atoms with Crippen LogP contribution in [0.15, 0.2) is 18.2 Å². The van der Waals surface area contributed by atoms with Crippen LogP contribution in [-0.2, 0) is 6.54 Å². The second kappa shape index (κ2) is 5.70. The van der Waals surface area contributed by atoms with Gasteiger partial charge in [-0.1, -0.05) is 11.6 Å². The van der Waals surface area contributed by atoms with Crippen LogP contribution in [0.3, 0.4) is 0 Å². The monoisotopic (exact) mass is 281 g/mol. The van der Waals surface area contributed by atoms with E-state index in [-0.39, 0.29) is 0 Å². The smallest absolute Gasteiger partial charge is 0.0410 e. The zero-order valence-corrected chi connectivity index (χ0v) is 12.9. The molecule has 4 heteroatoms. The number of benzene rings is 1. The van der Waals surface area contributed by atoms with Crippen LogP contribution in [0.5, 0.6) is 0 Å². The van der Waals surface area contributed by atoms with Crippen molar-refractivity contribution >= 4 is 17.3 Å². The number of likely N-dealkylation sites (N-methyl/N-ethyl adjacent to an activating group) is 2. The first-order valence-corrected chi connectivity index (χ1v) is 7.21. The molecular weight excluding hydrogens is 258 g/mol. The number of nitrogen functional groups attached to an aromatic ring is 1. The summed E-state index contributed by atoms with van der Waals surface area (Å²) in [4.78, 5) is 4.72. The molecule has 0 saturated heterocycles. The fourth-order valence-corrected chi connectivity index (χ4v) is 3.09. The molecule has 1 aliphatic carbocycles. The van der Waals surface area contributed by atoms with Crippen molar-refractivity contribution in [1.82, 2.24) is 9.80 Å². The molecule has 106 valence electrons. The minimum Gasteiger partial charge on any atom is -0.398 e. The summed E-state index contributed by atoms with van der Waals surface area (Å²) in [6.07, 6.45) is 3.91. The van der Waals surface area contributed by atoms with Gasteiger partial charge in [0.2, 0.25) is 0 Å². The van der Waals surface area contributed by atoms with Crippen molar-refractivity contribution in [3.63, 3.8) is 0 Å². The van der Waals surface area contributed by atoms with Gasteiger partial charge in [-0.05, 0) is 64.2 Å². The third-order valence-electron chi connectivity index (χ3n) is 4.34. The molecule has 0 radical (unpaired) electrons. The topological polar surface area (TPSA) is 32.5 Å². The zero-order valence-electron chi connectivity index (χ0n) is 12.1. The van der Waals surface area contributed by atoms with Gasteiger partial charge in [0.25, 0.3) is 0 Å². The van der Waals surface area contributed by atoms with Gasteiger partial charge in [-0.15, -0.1) is 0 Å². The van der Waals surface area contributed by atoms with Gasteiger partial charge in [-0.25, -0.2) is 0 Å². The standard InChI is InChI=1S/C15H24ClN3/c1-18(2)15(7-4-8-15)11-19(3)10-12-9-13(16)5-6-14(12)17/h5-6,9H,4,7-8,10-11,17H2,1-3H3. The molecule has 0 unspecified atom stereocenters. The highest BCUT2D eigenvalue weighted by Crippen LogP contribution is 2.37. The predicted molar refractivity (Wildman–Crippen MR) is 82.5 cm³/mol. The lowest BCUT2D eigenvalue weighted by atomic mass is 9.75. The molecule has 1 aliphatic rings. The summed E-state index contributed by atoms with van der Waals surface area (Å²) in [5, 5.41) is 0.753. The van der Waals surface area contributed by atoms with Crippen LogP contribution in [0, 0.1) is 0 Å². The quantitative estimate of drug-likeness (QED) is 0.843. The normalized spacial score (nSPS) is 17.8. The largest absolute Gasteiger partial charge is 0.398 e. The average Bonchev–Trinajstić information content (AvgIpc) is 2.28. The van der Waals surface area contributed by atoms with Gasteiger partial charge in [0.15, 0.2) is 0 Å². The fraction of sp³-hybridized carbons (Fsp3) is 0.600. The predicted octanol–water partition coefficient (Wildman–Crippen LogP) is 2.84. The Balaban J connectivity index is 2.01. The van der Waals surface area contributed by atoms with Crippen molar-refractivity contribution in [2.45, 2.75) is 31.3 Å². The van der Waals surface area contributed by atoms with Crippen molar-refractivity contribution < 1.29 is 0 Å². The molecule has 0 spiro atoms. The van der Waals surface area contributed by atoms with Crippen LogP contribution in [0.2, 0.25) is 5.02 Å². The SMILES string of the molecule is CN(Cc1cc(Cl)ccc1N)CC1(N(C)C)CCC1. The third kappa shape index (κ3) is 3.22. The van der Waals surface area contributed by atoms with E-state index < -0.39 is 0 Å². The molecule has 0 bridgehead atoms. The fourth-order valence-electron chi connectivity index (χ4n) is 2.89. The van der Waals surface area contributed by atoms with Crippen LogP contribution < -0.4 is 5.73 Å². The molecule has 2 rings (SSSR count). The molecular formula is C15H24ClN3. The molecule has 19 heavy (non-hydrogen) atoms. The van der Waals surface area contributed by atoms with Gasteiger partial charge in [0.1, 0.15) is 0 Å². The van der Waals surface area contributed by atoms with Crippen molar-refractivity contribution in [2.24, 2.45) is 0 Å². The van der Waals surface area contributed by atoms with Gasteiger partial charge in [-0.3, -0.25) is 0 Å². The van der Waals surface area contributed by atoms with Crippen molar-refractivity contribution in [1.29, 1.82) is 0 Å². The van der Waals surface area contributed by atoms with Crippen LogP contribution >= 0.6 is 11.6 Å². The molecule has 0 aliphatic heterocycles.